The molecule has 2 N–H and O–H groups in total. The molecule has 1 saturated heterocycles. The maximum absolute atomic E-state index is 13.8. The van der Waals surface area contributed by atoms with Crippen molar-refractivity contribution in [3.8, 4) is 0 Å². The van der Waals surface area contributed by atoms with E-state index in [2.05, 4.69) is 5.32 Å². The number of carbonyl (C=O) groups is 2. The Bertz CT molecular complexity index is 1870. The van der Waals surface area contributed by atoms with Gasteiger partial charge in [0.2, 0.25) is 5.91 Å². The lowest BCUT2D eigenvalue weighted by molar-refractivity contribution is -0.118. The number of benzene rings is 2. The summed E-state index contributed by atoms with van der Waals surface area (Å²) in [7, 11) is 1.65. The molecule has 0 radical (unpaired) electrons. The highest BCUT2D eigenvalue weighted by atomic mass is 16.3. The molecular formula is C29H34N6O6. The smallest absolute Gasteiger partial charge is 0.331 e. The van der Waals surface area contributed by atoms with Crippen LogP contribution in [0.15, 0.2) is 44.7 Å². The topological polar surface area (TPSA) is 141 Å². The maximum atomic E-state index is 13.8. The van der Waals surface area contributed by atoms with Gasteiger partial charge >= 0.3 is 11.4 Å². The van der Waals surface area contributed by atoms with Gasteiger partial charge in [-0.25, -0.2) is 9.59 Å². The quantitative estimate of drug-likeness (QED) is 0.366. The Morgan fingerprint density at radius 3 is 2.17 bits per heavy atom. The monoisotopic (exact) mass is 562 g/mol. The number of amides is 2. The van der Waals surface area contributed by atoms with E-state index in [1.807, 2.05) is 26.8 Å². The van der Waals surface area contributed by atoms with Crippen LogP contribution in [0.1, 0.15) is 48.7 Å². The van der Waals surface area contributed by atoms with Crippen LogP contribution in [0.2, 0.25) is 0 Å². The largest absolute Gasteiger partial charge is 0.387 e. The van der Waals surface area contributed by atoms with Crippen molar-refractivity contribution in [2.24, 2.45) is 7.05 Å². The Kier molecular flexibility index (Phi) is 7.43. The molecule has 0 spiro atoms. The predicted molar refractivity (Wildman–Crippen MR) is 156 cm³/mol. The number of carbonyl (C=O) groups excluding carboxylic acids is 2. The van der Waals surface area contributed by atoms with Crippen molar-refractivity contribution in [3.05, 3.63) is 72.8 Å². The number of nitrogens with zero attached hydrogens (tertiary/aromatic N) is 5. The highest BCUT2D eigenvalue weighted by Gasteiger charge is 2.29. The number of likely N-dealkylation sites (tertiary alicyclic amines) is 1. The summed E-state index contributed by atoms with van der Waals surface area (Å²) in [5.41, 5.74) is 2.09. The van der Waals surface area contributed by atoms with E-state index in [0.717, 1.165) is 5.56 Å². The first kappa shape index (κ1) is 28.1. The first-order valence-corrected chi connectivity index (χ1v) is 13.8. The summed E-state index contributed by atoms with van der Waals surface area (Å²) in [6, 6.07) is 8.25. The summed E-state index contributed by atoms with van der Waals surface area (Å²) < 4.78 is 5.92. The Morgan fingerprint density at radius 2 is 1.56 bits per heavy atom. The molecule has 1 fully saturated rings. The Balaban J connectivity index is 1.49. The molecule has 0 saturated carbocycles. The highest BCUT2D eigenvalue weighted by molar-refractivity contribution is 6.07. The summed E-state index contributed by atoms with van der Waals surface area (Å²) in [6.45, 7) is 6.19. The second-order valence-corrected chi connectivity index (χ2v) is 10.4. The Hall–Kier alpha value is -4.45. The standard InChI is InChI=1S/C29H34N6O6/c1-5-33-23-14-19(21(30-25(37)16-36)15-24(23)34(6-2)29(33)41)26(38)32-11-9-18(10-12-32)35-27(39)20-13-17(3)7-8-22(20)31(4)28(35)40/h7-8,13-15,18,36H,5-6,9-12,16H2,1-4H3,(H,30,37). The van der Waals surface area contributed by atoms with Gasteiger partial charge in [-0.1, -0.05) is 11.6 Å². The molecule has 2 aromatic carbocycles. The van der Waals surface area contributed by atoms with Crippen molar-refractivity contribution in [1.29, 1.82) is 0 Å². The minimum absolute atomic E-state index is 0.197. The lowest BCUT2D eigenvalue weighted by Gasteiger charge is -2.33. The molecule has 3 heterocycles. The molecule has 12 heteroatoms. The molecule has 2 amide bonds. The van der Waals surface area contributed by atoms with Gasteiger partial charge < -0.3 is 15.3 Å². The Labute approximate surface area is 235 Å². The zero-order chi connectivity index (χ0) is 29.6. The van der Waals surface area contributed by atoms with Gasteiger partial charge in [0.15, 0.2) is 0 Å². The van der Waals surface area contributed by atoms with E-state index < -0.39 is 18.2 Å². The fourth-order valence-electron chi connectivity index (χ4n) is 5.86. The third-order valence-electron chi connectivity index (χ3n) is 8.01. The molecule has 2 aromatic heterocycles. The van der Waals surface area contributed by atoms with Crippen molar-refractivity contribution >= 4 is 39.4 Å². The van der Waals surface area contributed by atoms with Crippen LogP contribution in [0.25, 0.3) is 21.9 Å². The SMILES string of the molecule is CCn1c(=O)n(CC)c2cc(C(=O)N3CCC(n4c(=O)c5cc(C)ccc5n(C)c4=O)CC3)c(NC(=O)CO)cc21. The van der Waals surface area contributed by atoms with Crippen molar-refractivity contribution < 1.29 is 14.7 Å². The molecule has 0 unspecified atom stereocenters. The molecule has 216 valence electrons. The second kappa shape index (κ2) is 10.8. The number of aryl methyl sites for hydroxylation is 4. The third-order valence-corrected chi connectivity index (χ3v) is 8.01. The zero-order valence-corrected chi connectivity index (χ0v) is 23.6. The Morgan fingerprint density at radius 1 is 0.927 bits per heavy atom. The van der Waals surface area contributed by atoms with E-state index in [4.69, 9.17) is 0 Å². The molecular weight excluding hydrogens is 528 g/mol. The van der Waals surface area contributed by atoms with Crippen molar-refractivity contribution in [2.75, 3.05) is 25.0 Å². The molecule has 4 aromatic rings. The van der Waals surface area contributed by atoms with Crippen molar-refractivity contribution in [3.63, 3.8) is 0 Å². The normalized spacial score (nSPS) is 14.2. The third kappa shape index (κ3) is 4.67. The van der Waals surface area contributed by atoms with Crippen molar-refractivity contribution in [1.82, 2.24) is 23.2 Å². The highest BCUT2D eigenvalue weighted by Crippen LogP contribution is 2.28. The van der Waals surface area contributed by atoms with E-state index in [-0.39, 0.29) is 47.5 Å². The minimum atomic E-state index is -0.761. The zero-order valence-electron chi connectivity index (χ0n) is 23.6. The number of aromatic nitrogens is 4. The fraction of sp³-hybridized carbons (Fsp3) is 0.414. The lowest BCUT2D eigenvalue weighted by atomic mass is 10.0. The number of fused-ring (bicyclic) bond motifs is 2. The van der Waals surface area contributed by atoms with Crippen LogP contribution in [-0.4, -0.2) is 59.8 Å². The van der Waals surface area contributed by atoms with Gasteiger partial charge in [-0.05, 0) is 57.9 Å². The molecule has 12 nitrogen and oxygen atoms in total. The van der Waals surface area contributed by atoms with Crippen LogP contribution in [0.3, 0.4) is 0 Å². The molecule has 1 aliphatic rings. The molecule has 41 heavy (non-hydrogen) atoms. The van der Waals surface area contributed by atoms with Crippen LogP contribution in [0, 0.1) is 6.92 Å². The van der Waals surface area contributed by atoms with Gasteiger partial charge in [0.05, 0.1) is 33.2 Å². The van der Waals surface area contributed by atoms with Crippen LogP contribution < -0.4 is 22.3 Å². The fourth-order valence-corrected chi connectivity index (χ4v) is 5.86. The summed E-state index contributed by atoms with van der Waals surface area (Å²) >= 11 is 0. The summed E-state index contributed by atoms with van der Waals surface area (Å²) in [5.74, 6) is -1.04. The number of anilines is 1. The molecule has 0 bridgehead atoms. The number of hydrogen-bond donors (Lipinski definition) is 2. The van der Waals surface area contributed by atoms with Gasteiger partial charge in [0, 0.05) is 39.3 Å². The van der Waals surface area contributed by atoms with Gasteiger partial charge in [-0.3, -0.25) is 32.7 Å². The maximum Gasteiger partial charge on any atom is 0.331 e. The number of piperidine rings is 1. The average molecular weight is 563 g/mol. The number of imidazole rings is 1. The van der Waals surface area contributed by atoms with Crippen molar-refractivity contribution in [2.45, 2.75) is 52.7 Å². The number of nitrogens with one attached hydrogen (secondary N) is 1. The molecule has 1 aliphatic heterocycles. The first-order chi connectivity index (χ1) is 19.6. The van der Waals surface area contributed by atoms with E-state index >= 15 is 0 Å². The summed E-state index contributed by atoms with van der Waals surface area (Å²) in [4.78, 5) is 67.1. The van der Waals surface area contributed by atoms with Gasteiger partial charge in [0.1, 0.15) is 6.61 Å². The van der Waals surface area contributed by atoms with Crippen LogP contribution in [0.5, 0.6) is 0 Å². The number of aliphatic hydroxyl groups is 1. The second-order valence-electron chi connectivity index (χ2n) is 10.4. The lowest BCUT2D eigenvalue weighted by Crippen LogP contribution is -2.46. The number of rotatable bonds is 6. The van der Waals surface area contributed by atoms with Gasteiger partial charge in [-0.2, -0.15) is 0 Å². The average Bonchev–Trinajstić information content (AvgIpc) is 3.24. The van der Waals surface area contributed by atoms with Crippen LogP contribution in [-0.2, 0) is 24.9 Å². The van der Waals surface area contributed by atoms with Crippen LogP contribution in [0.4, 0.5) is 5.69 Å². The molecule has 0 aliphatic carbocycles. The van der Waals surface area contributed by atoms with E-state index in [9.17, 15) is 29.1 Å². The summed E-state index contributed by atoms with van der Waals surface area (Å²) in [6.07, 6.45) is 0.787. The van der Waals surface area contributed by atoms with Crippen LogP contribution >= 0.6 is 0 Å². The van der Waals surface area contributed by atoms with Gasteiger partial charge in [0.25, 0.3) is 11.5 Å². The number of aliphatic hydroxyl groups excluding tert-OH is 1. The molecule has 5 rings (SSSR count). The van der Waals surface area contributed by atoms with E-state index in [1.54, 1.807) is 45.3 Å². The van der Waals surface area contributed by atoms with Gasteiger partial charge in [-0.15, -0.1) is 0 Å². The number of hydrogen-bond acceptors (Lipinski definition) is 6. The predicted octanol–water partition coefficient (Wildman–Crippen LogP) is 1.57. The first-order valence-electron chi connectivity index (χ1n) is 13.8. The molecule has 0 atom stereocenters. The minimum Gasteiger partial charge on any atom is -0.387 e. The van der Waals surface area contributed by atoms with E-state index in [1.165, 1.54) is 9.13 Å². The van der Waals surface area contributed by atoms with E-state index in [0.29, 0.717) is 47.9 Å². The summed E-state index contributed by atoms with van der Waals surface area (Å²) in [5, 5.41) is 12.4.